The fourth-order valence-corrected chi connectivity index (χ4v) is 5.23. The van der Waals surface area contributed by atoms with Crippen LogP contribution in [0.4, 0.5) is 9.52 Å². The quantitative estimate of drug-likeness (QED) is 0.424. The normalized spacial score (nSPS) is 14.6. The Labute approximate surface area is 192 Å². The molecule has 1 saturated heterocycles. The number of hydrogen-bond donors (Lipinski definition) is 0. The fraction of sp³-hybridized carbons (Fsp3) is 0.286. The predicted octanol–water partition coefficient (Wildman–Crippen LogP) is 4.45. The number of ether oxygens (including phenoxy) is 1. The van der Waals surface area contributed by atoms with E-state index in [1.807, 2.05) is 18.2 Å². The van der Waals surface area contributed by atoms with Gasteiger partial charge in [0, 0.05) is 31.7 Å². The lowest BCUT2D eigenvalue weighted by Crippen LogP contribution is -2.43. The van der Waals surface area contributed by atoms with Crippen molar-refractivity contribution in [2.24, 2.45) is 0 Å². The monoisotopic (exact) mass is 478 g/mol. The minimum Gasteiger partial charge on any atom is -0.379 e. The molecule has 4 aromatic rings. The maximum absolute atomic E-state index is 14.2. The van der Waals surface area contributed by atoms with Gasteiger partial charge in [-0.05, 0) is 30.3 Å². The molecule has 2 aromatic heterocycles. The maximum atomic E-state index is 14.2. The fourth-order valence-electron chi connectivity index (χ4n) is 3.51. The van der Waals surface area contributed by atoms with Crippen LogP contribution in [0.1, 0.15) is 10.4 Å². The summed E-state index contributed by atoms with van der Waals surface area (Å²) in [4.78, 5) is 26.2. The molecule has 0 radical (unpaired) electrons. The topological polar surface area (TPSA) is 58.6 Å². The number of hydrogen-bond acceptors (Lipinski definition) is 7. The number of benzene rings is 2. The van der Waals surface area contributed by atoms with Crippen molar-refractivity contribution in [1.29, 1.82) is 0 Å². The molecule has 162 valence electrons. The molecule has 6 nitrogen and oxygen atoms in total. The number of thiazole rings is 2. The molecule has 31 heavy (non-hydrogen) atoms. The lowest BCUT2D eigenvalue weighted by atomic mass is 10.2. The van der Waals surface area contributed by atoms with E-state index in [0.29, 0.717) is 42.5 Å². The van der Waals surface area contributed by atoms with Gasteiger partial charge in [0.2, 0.25) is 0 Å². The number of amides is 1. The van der Waals surface area contributed by atoms with Gasteiger partial charge in [0.25, 0.3) is 5.91 Å². The Bertz CT molecular complexity index is 1210. The maximum Gasteiger partial charge on any atom is 0.260 e. The number of anilines is 1. The summed E-state index contributed by atoms with van der Waals surface area (Å²) in [6, 6.07) is 10.4. The molecule has 0 saturated carbocycles. The van der Waals surface area contributed by atoms with Gasteiger partial charge in [0.15, 0.2) is 5.13 Å². The van der Waals surface area contributed by atoms with Crippen molar-refractivity contribution in [3.8, 4) is 0 Å². The molecule has 2 aromatic carbocycles. The summed E-state index contributed by atoms with van der Waals surface area (Å²) in [5, 5.41) is 0.512. The molecule has 0 N–H and O–H groups in total. The van der Waals surface area contributed by atoms with Gasteiger partial charge < -0.3 is 4.74 Å². The zero-order chi connectivity index (χ0) is 20.5. The average molecular weight is 479 g/mol. The van der Waals surface area contributed by atoms with Crippen molar-refractivity contribution in [1.82, 2.24) is 14.9 Å². The third-order valence-corrected chi connectivity index (χ3v) is 6.99. The van der Waals surface area contributed by atoms with E-state index >= 15 is 0 Å². The van der Waals surface area contributed by atoms with Gasteiger partial charge >= 0.3 is 0 Å². The zero-order valence-corrected chi connectivity index (χ0v) is 18.9. The Morgan fingerprint density at radius 1 is 1.19 bits per heavy atom. The van der Waals surface area contributed by atoms with Crippen LogP contribution in [0.5, 0.6) is 0 Å². The van der Waals surface area contributed by atoms with Crippen molar-refractivity contribution in [3.63, 3.8) is 0 Å². The number of para-hydroxylation sites is 1. The van der Waals surface area contributed by atoms with Gasteiger partial charge in [-0.3, -0.25) is 14.6 Å². The molecule has 0 aliphatic carbocycles. The van der Waals surface area contributed by atoms with Crippen LogP contribution >= 0.6 is 35.1 Å². The summed E-state index contributed by atoms with van der Waals surface area (Å²) in [5.74, 6) is -0.514. The SMILES string of the molecule is Cl.O=C(c1ccc2ncsc2c1)N(CCN1CCOCC1)c1nc2c(F)cccc2s1. The Morgan fingerprint density at radius 2 is 2.03 bits per heavy atom. The molecule has 0 bridgehead atoms. The highest BCUT2D eigenvalue weighted by Crippen LogP contribution is 2.31. The largest absolute Gasteiger partial charge is 0.379 e. The van der Waals surface area contributed by atoms with Gasteiger partial charge in [-0.15, -0.1) is 23.7 Å². The second-order valence-corrected chi connectivity index (χ2v) is 8.92. The highest BCUT2D eigenvalue weighted by molar-refractivity contribution is 7.22. The summed E-state index contributed by atoms with van der Waals surface area (Å²) < 4.78 is 21.3. The van der Waals surface area contributed by atoms with Crippen LogP contribution in [0, 0.1) is 5.82 Å². The number of carbonyl (C=O) groups is 1. The summed E-state index contributed by atoms with van der Waals surface area (Å²) in [6.45, 7) is 4.24. The number of fused-ring (bicyclic) bond motifs is 2. The third kappa shape index (κ3) is 4.56. The number of halogens is 2. The molecule has 0 unspecified atom stereocenters. The van der Waals surface area contributed by atoms with Crippen LogP contribution in [-0.4, -0.2) is 60.2 Å². The summed E-state index contributed by atoms with van der Waals surface area (Å²) >= 11 is 2.84. The van der Waals surface area contributed by atoms with E-state index in [4.69, 9.17) is 4.74 Å². The van der Waals surface area contributed by atoms with E-state index < -0.39 is 0 Å². The number of aromatic nitrogens is 2. The van der Waals surface area contributed by atoms with Gasteiger partial charge in [-0.1, -0.05) is 17.4 Å². The lowest BCUT2D eigenvalue weighted by molar-refractivity contribution is 0.0391. The Hall–Kier alpha value is -2.17. The van der Waals surface area contributed by atoms with Gasteiger partial charge in [0.1, 0.15) is 11.3 Å². The van der Waals surface area contributed by atoms with Crippen molar-refractivity contribution < 1.29 is 13.9 Å². The van der Waals surface area contributed by atoms with Crippen LogP contribution in [0.3, 0.4) is 0 Å². The van der Waals surface area contributed by atoms with E-state index in [0.717, 1.165) is 28.0 Å². The van der Waals surface area contributed by atoms with Crippen LogP contribution in [0.25, 0.3) is 20.4 Å². The highest BCUT2D eigenvalue weighted by Gasteiger charge is 2.24. The molecule has 0 atom stereocenters. The summed E-state index contributed by atoms with van der Waals surface area (Å²) in [6.07, 6.45) is 0. The van der Waals surface area contributed by atoms with E-state index in [1.165, 1.54) is 28.7 Å². The van der Waals surface area contributed by atoms with Crippen LogP contribution in [0.2, 0.25) is 0 Å². The number of nitrogens with zero attached hydrogens (tertiary/aromatic N) is 4. The van der Waals surface area contributed by atoms with E-state index in [2.05, 4.69) is 14.9 Å². The number of rotatable bonds is 5. The molecular weight excluding hydrogens is 459 g/mol. The molecule has 5 rings (SSSR count). The second-order valence-electron chi connectivity index (χ2n) is 7.03. The molecule has 1 amide bonds. The molecule has 0 spiro atoms. The number of morpholine rings is 1. The lowest BCUT2D eigenvalue weighted by Gasteiger charge is -2.29. The first-order valence-corrected chi connectivity index (χ1v) is 11.4. The van der Waals surface area contributed by atoms with Gasteiger partial charge in [-0.25, -0.2) is 14.4 Å². The minimum atomic E-state index is -0.373. The summed E-state index contributed by atoms with van der Waals surface area (Å²) in [5.41, 5.74) is 3.53. The summed E-state index contributed by atoms with van der Waals surface area (Å²) in [7, 11) is 0. The highest BCUT2D eigenvalue weighted by atomic mass is 35.5. The Balaban J connectivity index is 0.00000231. The van der Waals surface area contributed by atoms with Crippen molar-refractivity contribution in [2.75, 3.05) is 44.3 Å². The van der Waals surface area contributed by atoms with Crippen LogP contribution in [0.15, 0.2) is 41.9 Å². The molecule has 10 heteroatoms. The molecule has 1 aliphatic heterocycles. The first kappa shape index (κ1) is 22.0. The molecule has 1 fully saturated rings. The predicted molar refractivity (Wildman–Crippen MR) is 125 cm³/mol. The standard InChI is InChI=1S/C21H19FN4O2S2.ClH/c22-15-2-1-3-17-19(15)24-21(30-17)26(7-6-25-8-10-28-11-9-25)20(27)14-4-5-16-18(12-14)29-13-23-16;/h1-5,12-13H,6-11H2;1H. The van der Waals surface area contributed by atoms with Crippen LogP contribution < -0.4 is 4.90 Å². The molecular formula is C21H20ClFN4O2S2. The Morgan fingerprint density at radius 3 is 2.84 bits per heavy atom. The second kappa shape index (κ2) is 9.54. The van der Waals surface area contributed by atoms with Gasteiger partial charge in [0.05, 0.1) is 33.6 Å². The minimum absolute atomic E-state index is 0. The van der Waals surface area contributed by atoms with Crippen molar-refractivity contribution in [3.05, 3.63) is 53.3 Å². The molecule has 1 aliphatic rings. The first-order valence-electron chi connectivity index (χ1n) is 9.69. The third-order valence-electron chi connectivity index (χ3n) is 5.16. The number of carbonyl (C=O) groups excluding carboxylic acids is 1. The van der Waals surface area contributed by atoms with E-state index in [1.54, 1.807) is 22.5 Å². The van der Waals surface area contributed by atoms with Crippen LogP contribution in [-0.2, 0) is 4.74 Å². The Kier molecular flexibility index (Phi) is 6.78. The molecule has 3 heterocycles. The van der Waals surface area contributed by atoms with E-state index in [-0.39, 0.29) is 24.1 Å². The smallest absolute Gasteiger partial charge is 0.260 e. The van der Waals surface area contributed by atoms with Crippen molar-refractivity contribution >= 4 is 66.6 Å². The van der Waals surface area contributed by atoms with Gasteiger partial charge in [-0.2, -0.15) is 0 Å². The van der Waals surface area contributed by atoms with E-state index in [9.17, 15) is 9.18 Å². The average Bonchev–Trinajstić information content (AvgIpc) is 3.41. The first-order chi connectivity index (χ1) is 14.7. The zero-order valence-electron chi connectivity index (χ0n) is 16.5. The van der Waals surface area contributed by atoms with Crippen molar-refractivity contribution in [2.45, 2.75) is 0 Å².